The third kappa shape index (κ3) is 2.59. The van der Waals surface area contributed by atoms with E-state index in [9.17, 15) is 0 Å². The molecule has 1 aliphatic carbocycles. The Kier molecular flexibility index (Phi) is 3.69. The number of nitrogens with zero attached hydrogens (tertiary/aromatic N) is 1. The molecule has 1 N–H and O–H groups in total. The lowest BCUT2D eigenvalue weighted by atomic mass is 9.94. The van der Waals surface area contributed by atoms with Crippen molar-refractivity contribution in [3.05, 3.63) is 40.2 Å². The summed E-state index contributed by atoms with van der Waals surface area (Å²) in [5.74, 6) is 0.701. The summed E-state index contributed by atoms with van der Waals surface area (Å²) in [4.78, 5) is 5.81. The molecule has 0 aliphatic heterocycles. The van der Waals surface area contributed by atoms with Gasteiger partial charge in [0.1, 0.15) is 0 Å². The molecule has 0 fully saturated rings. The van der Waals surface area contributed by atoms with Crippen molar-refractivity contribution in [1.29, 1.82) is 0 Å². The van der Waals surface area contributed by atoms with Crippen LogP contribution in [0.15, 0.2) is 29.8 Å². The number of nitrogens with one attached hydrogen (secondary N) is 1. The summed E-state index contributed by atoms with van der Waals surface area (Å²) in [6.07, 6.45) is 5.41. The molecule has 2 heterocycles. The zero-order chi connectivity index (χ0) is 13.1. The lowest BCUT2D eigenvalue weighted by Crippen LogP contribution is -2.16. The largest absolute Gasteiger partial charge is 0.476 e. The van der Waals surface area contributed by atoms with Gasteiger partial charge >= 0.3 is 0 Å². The van der Waals surface area contributed by atoms with Gasteiger partial charge in [0, 0.05) is 11.1 Å². The van der Waals surface area contributed by atoms with Gasteiger partial charge < -0.3 is 10.1 Å². The van der Waals surface area contributed by atoms with E-state index in [4.69, 9.17) is 4.74 Å². The number of hydrogen-bond donors (Lipinski definition) is 1. The molecule has 100 valence electrons. The minimum Gasteiger partial charge on any atom is -0.476 e. The van der Waals surface area contributed by atoms with Crippen molar-refractivity contribution in [2.24, 2.45) is 0 Å². The van der Waals surface area contributed by atoms with Crippen molar-refractivity contribution < 1.29 is 4.74 Å². The fraction of sp³-hybridized carbons (Fsp3) is 0.400. The van der Waals surface area contributed by atoms with E-state index >= 15 is 0 Å². The fourth-order valence-corrected chi connectivity index (χ4v) is 3.56. The molecule has 0 radical (unpaired) electrons. The molecule has 0 saturated carbocycles. The van der Waals surface area contributed by atoms with E-state index in [0.29, 0.717) is 18.5 Å². The van der Waals surface area contributed by atoms with Crippen LogP contribution in [0.25, 0.3) is 0 Å². The Morgan fingerprint density at radius 2 is 2.42 bits per heavy atom. The predicted molar refractivity (Wildman–Crippen MR) is 79.0 cm³/mol. The molecular weight excluding hydrogens is 256 g/mol. The average Bonchev–Trinajstić information content (AvgIpc) is 2.91. The highest BCUT2D eigenvalue weighted by Crippen LogP contribution is 2.36. The monoisotopic (exact) mass is 274 g/mol. The van der Waals surface area contributed by atoms with Crippen LogP contribution < -0.4 is 10.1 Å². The highest BCUT2D eigenvalue weighted by molar-refractivity contribution is 7.10. The molecule has 0 amide bonds. The normalized spacial score (nSPS) is 17.8. The number of pyridine rings is 1. The van der Waals surface area contributed by atoms with Crippen LogP contribution in [0.4, 0.5) is 5.69 Å². The van der Waals surface area contributed by atoms with Crippen LogP contribution in [0.3, 0.4) is 0 Å². The highest BCUT2D eigenvalue weighted by Gasteiger charge is 2.22. The summed E-state index contributed by atoms with van der Waals surface area (Å²) in [6.45, 7) is 2.62. The summed E-state index contributed by atoms with van der Waals surface area (Å²) in [5, 5.41) is 5.79. The summed E-state index contributed by atoms with van der Waals surface area (Å²) in [7, 11) is 0. The van der Waals surface area contributed by atoms with E-state index in [1.165, 1.54) is 29.7 Å². The lowest BCUT2D eigenvalue weighted by Gasteiger charge is -2.25. The fourth-order valence-electron chi connectivity index (χ4n) is 2.58. The van der Waals surface area contributed by atoms with E-state index in [1.54, 1.807) is 6.20 Å². The molecule has 2 aromatic heterocycles. The Bertz CT molecular complexity index is 553. The van der Waals surface area contributed by atoms with Crippen molar-refractivity contribution in [3.8, 4) is 5.88 Å². The molecule has 1 aliphatic rings. The van der Waals surface area contributed by atoms with E-state index in [-0.39, 0.29) is 0 Å². The van der Waals surface area contributed by atoms with Gasteiger partial charge in [0.25, 0.3) is 0 Å². The van der Waals surface area contributed by atoms with Gasteiger partial charge in [0.05, 0.1) is 18.3 Å². The number of rotatable bonds is 4. The Morgan fingerprint density at radius 1 is 1.47 bits per heavy atom. The number of ether oxygens (including phenoxy) is 1. The maximum atomic E-state index is 5.58. The second-order valence-corrected chi connectivity index (χ2v) is 5.68. The Balaban J connectivity index is 1.83. The molecule has 0 saturated heterocycles. The van der Waals surface area contributed by atoms with Crippen LogP contribution in [0.5, 0.6) is 5.88 Å². The first-order chi connectivity index (χ1) is 9.38. The standard InChI is InChI=1S/C15H18N2OS/c1-2-18-15-13(6-4-9-16-15)17-12-5-3-7-14-11(12)8-10-19-14/h4,6,8-10,12,17H,2-3,5,7H2,1H3. The summed E-state index contributed by atoms with van der Waals surface area (Å²) < 4.78 is 5.58. The van der Waals surface area contributed by atoms with Gasteiger partial charge in [0.15, 0.2) is 0 Å². The number of aromatic nitrogens is 1. The number of hydrogen-bond acceptors (Lipinski definition) is 4. The highest BCUT2D eigenvalue weighted by atomic mass is 32.1. The summed E-state index contributed by atoms with van der Waals surface area (Å²) in [6, 6.07) is 6.62. The summed E-state index contributed by atoms with van der Waals surface area (Å²) in [5.41, 5.74) is 2.44. The zero-order valence-electron chi connectivity index (χ0n) is 11.1. The van der Waals surface area contributed by atoms with Crippen LogP contribution in [-0.2, 0) is 6.42 Å². The minimum absolute atomic E-state index is 0.387. The van der Waals surface area contributed by atoms with Crippen molar-refractivity contribution >= 4 is 17.0 Å². The third-order valence-electron chi connectivity index (χ3n) is 3.43. The first-order valence-corrected chi connectivity index (χ1v) is 7.67. The van der Waals surface area contributed by atoms with E-state index in [0.717, 1.165) is 5.69 Å². The summed E-state index contributed by atoms with van der Waals surface area (Å²) >= 11 is 1.87. The Morgan fingerprint density at radius 3 is 3.32 bits per heavy atom. The van der Waals surface area contributed by atoms with Gasteiger partial charge in [0.2, 0.25) is 5.88 Å². The molecule has 4 heteroatoms. The van der Waals surface area contributed by atoms with Crippen LogP contribution in [0.1, 0.15) is 36.2 Å². The maximum Gasteiger partial charge on any atom is 0.237 e. The Labute approximate surface area is 117 Å². The molecule has 3 nitrogen and oxygen atoms in total. The van der Waals surface area contributed by atoms with Gasteiger partial charge in [-0.2, -0.15) is 0 Å². The SMILES string of the molecule is CCOc1ncccc1NC1CCCc2sccc21. The molecule has 2 aromatic rings. The number of fused-ring (bicyclic) bond motifs is 1. The molecule has 3 rings (SSSR count). The van der Waals surface area contributed by atoms with Gasteiger partial charge in [-0.15, -0.1) is 11.3 Å². The average molecular weight is 274 g/mol. The van der Waals surface area contributed by atoms with Gasteiger partial charge in [-0.05, 0) is 55.3 Å². The topological polar surface area (TPSA) is 34.1 Å². The van der Waals surface area contributed by atoms with Crippen molar-refractivity contribution in [1.82, 2.24) is 4.98 Å². The first kappa shape index (κ1) is 12.5. The number of thiophene rings is 1. The molecule has 1 unspecified atom stereocenters. The van der Waals surface area contributed by atoms with Crippen LogP contribution in [0.2, 0.25) is 0 Å². The maximum absolute atomic E-state index is 5.58. The number of anilines is 1. The molecule has 0 aromatic carbocycles. The predicted octanol–water partition coefficient (Wildman–Crippen LogP) is 4.03. The van der Waals surface area contributed by atoms with Crippen molar-refractivity contribution in [3.63, 3.8) is 0 Å². The minimum atomic E-state index is 0.387. The molecular formula is C15H18N2OS. The van der Waals surface area contributed by atoms with Gasteiger partial charge in [-0.1, -0.05) is 0 Å². The molecule has 1 atom stereocenters. The molecule has 0 spiro atoms. The van der Waals surface area contributed by atoms with Crippen molar-refractivity contribution in [2.45, 2.75) is 32.2 Å². The van der Waals surface area contributed by atoms with E-state index < -0.39 is 0 Å². The first-order valence-electron chi connectivity index (χ1n) is 6.79. The number of aryl methyl sites for hydroxylation is 1. The van der Waals surface area contributed by atoms with E-state index in [1.807, 2.05) is 30.4 Å². The zero-order valence-corrected chi connectivity index (χ0v) is 11.9. The van der Waals surface area contributed by atoms with Crippen molar-refractivity contribution in [2.75, 3.05) is 11.9 Å². The Hall–Kier alpha value is -1.55. The smallest absolute Gasteiger partial charge is 0.237 e. The van der Waals surface area contributed by atoms with Gasteiger partial charge in [-0.25, -0.2) is 4.98 Å². The van der Waals surface area contributed by atoms with Crippen LogP contribution in [-0.4, -0.2) is 11.6 Å². The van der Waals surface area contributed by atoms with Crippen LogP contribution in [0, 0.1) is 0 Å². The second-order valence-electron chi connectivity index (χ2n) is 4.68. The second kappa shape index (κ2) is 5.61. The van der Waals surface area contributed by atoms with E-state index in [2.05, 4.69) is 21.7 Å². The quantitative estimate of drug-likeness (QED) is 0.914. The lowest BCUT2D eigenvalue weighted by molar-refractivity contribution is 0.328. The van der Waals surface area contributed by atoms with Crippen LogP contribution >= 0.6 is 11.3 Å². The third-order valence-corrected chi connectivity index (χ3v) is 4.43. The molecule has 0 bridgehead atoms. The molecule has 19 heavy (non-hydrogen) atoms. The van der Waals surface area contributed by atoms with Gasteiger partial charge in [-0.3, -0.25) is 0 Å².